The standard InChI is InChI=1S/C16H22BrNO3/c1-2-15(12-4-3-5-13(17)10-12)18-8-6-14(7-9-18)21-11-16(19)20/h3-5,10,14-15H,2,6-9,11H2,1H3,(H,19,20). The van der Waals surface area contributed by atoms with Crippen LogP contribution in [0.5, 0.6) is 0 Å². The van der Waals surface area contributed by atoms with Gasteiger partial charge in [-0.05, 0) is 37.0 Å². The van der Waals surface area contributed by atoms with Gasteiger partial charge in [-0.25, -0.2) is 4.79 Å². The molecule has 0 amide bonds. The molecular formula is C16H22BrNO3. The number of carboxylic acid groups (broad SMARTS) is 1. The number of hydrogen-bond donors (Lipinski definition) is 1. The molecule has 1 unspecified atom stereocenters. The number of aliphatic carboxylic acids is 1. The van der Waals surface area contributed by atoms with Gasteiger partial charge >= 0.3 is 5.97 Å². The van der Waals surface area contributed by atoms with E-state index in [1.807, 2.05) is 6.07 Å². The van der Waals surface area contributed by atoms with Crippen molar-refractivity contribution in [2.75, 3.05) is 19.7 Å². The lowest BCUT2D eigenvalue weighted by molar-refractivity contribution is -0.145. The first-order valence-electron chi connectivity index (χ1n) is 7.43. The average Bonchev–Trinajstić information content (AvgIpc) is 2.47. The van der Waals surface area contributed by atoms with Crippen molar-refractivity contribution in [2.24, 2.45) is 0 Å². The van der Waals surface area contributed by atoms with Crippen LogP contribution in [0.1, 0.15) is 37.8 Å². The predicted octanol–water partition coefficient (Wildman–Crippen LogP) is 3.47. The van der Waals surface area contributed by atoms with Crippen molar-refractivity contribution in [3.05, 3.63) is 34.3 Å². The summed E-state index contributed by atoms with van der Waals surface area (Å²) in [5, 5.41) is 8.66. The van der Waals surface area contributed by atoms with Crippen LogP contribution in [0.4, 0.5) is 0 Å². The van der Waals surface area contributed by atoms with Crippen LogP contribution in [0, 0.1) is 0 Å². The van der Waals surface area contributed by atoms with Crippen LogP contribution in [0.2, 0.25) is 0 Å². The summed E-state index contributed by atoms with van der Waals surface area (Å²) in [5.74, 6) is -0.891. The van der Waals surface area contributed by atoms with E-state index in [4.69, 9.17) is 9.84 Å². The molecule has 0 spiro atoms. The smallest absolute Gasteiger partial charge is 0.329 e. The van der Waals surface area contributed by atoms with Gasteiger partial charge < -0.3 is 9.84 Å². The van der Waals surface area contributed by atoms with Crippen LogP contribution >= 0.6 is 15.9 Å². The van der Waals surface area contributed by atoms with Crippen LogP contribution in [0.3, 0.4) is 0 Å². The molecule has 1 atom stereocenters. The van der Waals surface area contributed by atoms with E-state index in [1.165, 1.54) is 5.56 Å². The maximum Gasteiger partial charge on any atom is 0.329 e. The molecule has 1 fully saturated rings. The van der Waals surface area contributed by atoms with Crippen molar-refractivity contribution in [3.8, 4) is 0 Å². The summed E-state index contributed by atoms with van der Waals surface area (Å²) < 4.78 is 6.51. The second kappa shape index (κ2) is 7.92. The summed E-state index contributed by atoms with van der Waals surface area (Å²) >= 11 is 3.53. The van der Waals surface area contributed by atoms with Crippen LogP contribution in [0.25, 0.3) is 0 Å². The summed E-state index contributed by atoms with van der Waals surface area (Å²) in [6.45, 7) is 3.93. The number of nitrogens with zero attached hydrogens (tertiary/aromatic N) is 1. The van der Waals surface area contributed by atoms with Gasteiger partial charge in [0.05, 0.1) is 6.10 Å². The Kier molecular flexibility index (Phi) is 6.21. The first-order valence-corrected chi connectivity index (χ1v) is 8.22. The van der Waals surface area contributed by atoms with Crippen molar-refractivity contribution in [2.45, 2.75) is 38.3 Å². The topological polar surface area (TPSA) is 49.8 Å². The van der Waals surface area contributed by atoms with Crippen molar-refractivity contribution in [3.63, 3.8) is 0 Å². The van der Waals surface area contributed by atoms with Crippen molar-refractivity contribution >= 4 is 21.9 Å². The lowest BCUT2D eigenvalue weighted by Crippen LogP contribution is -2.39. The fourth-order valence-corrected chi connectivity index (χ4v) is 3.38. The number of hydrogen-bond acceptors (Lipinski definition) is 3. The average molecular weight is 356 g/mol. The van der Waals surface area contributed by atoms with E-state index < -0.39 is 5.97 Å². The molecule has 0 bridgehead atoms. The Bertz CT molecular complexity index is 472. The highest BCUT2D eigenvalue weighted by atomic mass is 79.9. The Morgan fingerprint density at radius 3 is 2.76 bits per heavy atom. The van der Waals surface area contributed by atoms with Crippen molar-refractivity contribution < 1.29 is 14.6 Å². The Balaban J connectivity index is 1.92. The number of carbonyl (C=O) groups is 1. The predicted molar refractivity (Wildman–Crippen MR) is 85.4 cm³/mol. The molecule has 0 aliphatic carbocycles. The second-order valence-electron chi connectivity index (χ2n) is 5.42. The minimum Gasteiger partial charge on any atom is -0.480 e. The minimum absolute atomic E-state index is 0.0809. The van der Waals surface area contributed by atoms with Gasteiger partial charge in [-0.3, -0.25) is 4.90 Å². The van der Waals surface area contributed by atoms with E-state index in [0.29, 0.717) is 6.04 Å². The van der Waals surface area contributed by atoms with E-state index in [2.05, 4.69) is 46.0 Å². The SMILES string of the molecule is CCC(c1cccc(Br)c1)N1CCC(OCC(=O)O)CC1. The molecule has 21 heavy (non-hydrogen) atoms. The first-order chi connectivity index (χ1) is 10.1. The molecule has 2 rings (SSSR count). The van der Waals surface area contributed by atoms with Crippen LogP contribution in [-0.2, 0) is 9.53 Å². The zero-order chi connectivity index (χ0) is 15.2. The minimum atomic E-state index is -0.891. The van der Waals surface area contributed by atoms with E-state index in [9.17, 15) is 4.79 Å². The fraction of sp³-hybridized carbons (Fsp3) is 0.562. The van der Waals surface area contributed by atoms with Gasteiger partial charge in [0.15, 0.2) is 0 Å². The number of likely N-dealkylation sites (tertiary alicyclic amines) is 1. The van der Waals surface area contributed by atoms with E-state index in [1.54, 1.807) is 0 Å². The molecule has 1 N–H and O–H groups in total. The highest BCUT2D eigenvalue weighted by molar-refractivity contribution is 9.10. The van der Waals surface area contributed by atoms with Crippen LogP contribution in [-0.4, -0.2) is 41.8 Å². The molecular weight excluding hydrogens is 334 g/mol. The normalized spacial score (nSPS) is 18.6. The Hall–Kier alpha value is -0.910. The van der Waals surface area contributed by atoms with Crippen molar-refractivity contribution in [1.82, 2.24) is 4.90 Å². The third kappa shape index (κ3) is 4.80. The van der Waals surface area contributed by atoms with Gasteiger partial charge in [0.1, 0.15) is 6.61 Å². The lowest BCUT2D eigenvalue weighted by atomic mass is 9.99. The molecule has 1 aliphatic heterocycles. The number of carboxylic acids is 1. The molecule has 1 aromatic rings. The monoisotopic (exact) mass is 355 g/mol. The summed E-state index contributed by atoms with van der Waals surface area (Å²) in [7, 11) is 0. The van der Waals surface area contributed by atoms with Crippen LogP contribution in [0.15, 0.2) is 28.7 Å². The van der Waals surface area contributed by atoms with Crippen molar-refractivity contribution in [1.29, 1.82) is 0 Å². The summed E-state index contributed by atoms with van der Waals surface area (Å²) in [6.07, 6.45) is 2.95. The summed E-state index contributed by atoms with van der Waals surface area (Å²) in [5.41, 5.74) is 1.33. The van der Waals surface area contributed by atoms with Gasteiger partial charge in [0.25, 0.3) is 0 Å². The summed E-state index contributed by atoms with van der Waals surface area (Å²) in [6, 6.07) is 8.89. The fourth-order valence-electron chi connectivity index (χ4n) is 2.96. The van der Waals surface area contributed by atoms with E-state index >= 15 is 0 Å². The molecule has 0 aromatic heterocycles. The second-order valence-corrected chi connectivity index (χ2v) is 6.33. The third-order valence-electron chi connectivity index (χ3n) is 3.98. The molecule has 116 valence electrons. The largest absolute Gasteiger partial charge is 0.480 e. The number of ether oxygens (including phenoxy) is 1. The Morgan fingerprint density at radius 2 is 2.19 bits per heavy atom. The number of halogens is 1. The lowest BCUT2D eigenvalue weighted by Gasteiger charge is -2.37. The van der Waals surface area contributed by atoms with Gasteiger partial charge in [-0.1, -0.05) is 35.0 Å². The zero-order valence-electron chi connectivity index (χ0n) is 12.3. The highest BCUT2D eigenvalue weighted by Gasteiger charge is 2.25. The van der Waals surface area contributed by atoms with Gasteiger partial charge in [0, 0.05) is 23.6 Å². The Morgan fingerprint density at radius 1 is 1.48 bits per heavy atom. The zero-order valence-corrected chi connectivity index (χ0v) is 13.9. The van der Waals surface area contributed by atoms with Gasteiger partial charge in [0.2, 0.25) is 0 Å². The van der Waals surface area contributed by atoms with Gasteiger partial charge in [-0.15, -0.1) is 0 Å². The Labute approximate surface area is 134 Å². The summed E-state index contributed by atoms with van der Waals surface area (Å²) in [4.78, 5) is 13.0. The quantitative estimate of drug-likeness (QED) is 0.848. The molecule has 0 radical (unpaired) electrons. The van der Waals surface area contributed by atoms with E-state index in [-0.39, 0.29) is 12.7 Å². The molecule has 1 aromatic carbocycles. The molecule has 0 saturated carbocycles. The molecule has 1 aliphatic rings. The third-order valence-corrected chi connectivity index (χ3v) is 4.47. The number of piperidine rings is 1. The molecule has 1 saturated heterocycles. The maximum absolute atomic E-state index is 10.5. The van der Waals surface area contributed by atoms with E-state index in [0.717, 1.165) is 36.8 Å². The maximum atomic E-state index is 10.5. The molecule has 4 nitrogen and oxygen atoms in total. The highest BCUT2D eigenvalue weighted by Crippen LogP contribution is 2.29. The number of benzene rings is 1. The number of rotatable bonds is 6. The molecule has 1 heterocycles. The van der Waals surface area contributed by atoms with Crippen LogP contribution < -0.4 is 0 Å². The first kappa shape index (κ1) is 16.5. The van der Waals surface area contributed by atoms with Gasteiger partial charge in [-0.2, -0.15) is 0 Å². The molecule has 5 heteroatoms.